The lowest BCUT2D eigenvalue weighted by Gasteiger charge is -2.25. The molecule has 10 amide bonds. The molecule has 352 valence electrons. The number of fused-ring (bicyclic) bond motifs is 2. The molecule has 2 unspecified atom stereocenters. The molecule has 22 heteroatoms. The summed E-state index contributed by atoms with van der Waals surface area (Å²) in [7, 11) is 0. The van der Waals surface area contributed by atoms with Gasteiger partial charge in [-0.15, -0.1) is 0 Å². The van der Waals surface area contributed by atoms with E-state index in [4.69, 9.17) is 10.9 Å². The van der Waals surface area contributed by atoms with E-state index < -0.39 is 78.5 Å². The number of benzene rings is 1. The average Bonchev–Trinajstić information content (AvgIpc) is 3.97. The van der Waals surface area contributed by atoms with Gasteiger partial charge in [0.2, 0.25) is 47.3 Å². The summed E-state index contributed by atoms with van der Waals surface area (Å²) in [5.41, 5.74) is 8.52. The fourth-order valence-corrected chi connectivity index (χ4v) is 9.16. The second-order valence-electron chi connectivity index (χ2n) is 16.3. The van der Waals surface area contributed by atoms with E-state index in [1.807, 2.05) is 43.0 Å². The summed E-state index contributed by atoms with van der Waals surface area (Å²) in [6.07, 6.45) is 6.04. The van der Waals surface area contributed by atoms with E-state index in [2.05, 4.69) is 47.5 Å². The van der Waals surface area contributed by atoms with Crippen molar-refractivity contribution >= 4 is 76.0 Å². The van der Waals surface area contributed by atoms with Crippen LogP contribution in [0.15, 0.2) is 30.5 Å². The molecule has 1 aromatic heterocycles. The predicted octanol–water partition coefficient (Wildman–Crippen LogP) is -0.527. The maximum atomic E-state index is 13.5. The fraction of sp³-hybridized carbons (Fsp3) is 0.595. The topological polar surface area (TPSA) is 324 Å². The van der Waals surface area contributed by atoms with Crippen LogP contribution in [-0.4, -0.2) is 124 Å². The minimum atomic E-state index is -1.21. The van der Waals surface area contributed by atoms with Gasteiger partial charge in [-0.3, -0.25) is 43.6 Å². The first kappa shape index (κ1) is 50.7. The van der Waals surface area contributed by atoms with Crippen LogP contribution in [0.25, 0.3) is 10.9 Å². The van der Waals surface area contributed by atoms with Crippen LogP contribution in [0.4, 0.5) is 4.79 Å². The Balaban J connectivity index is 1.18. The maximum absolute atomic E-state index is 13.5. The number of para-hydroxylation sites is 1. The first-order chi connectivity index (χ1) is 30.6. The number of hydrogen-bond donors (Lipinski definition) is 12. The van der Waals surface area contributed by atoms with Crippen molar-refractivity contribution < 1.29 is 48.4 Å². The number of H-pyrrole nitrogens is 1. The number of hydrogen-bond acceptors (Lipinski definition) is 11. The number of rotatable bonds is 27. The van der Waals surface area contributed by atoms with Gasteiger partial charge in [0.15, 0.2) is 0 Å². The number of amides is 10. The van der Waals surface area contributed by atoms with E-state index in [-0.39, 0.29) is 49.2 Å². The molecule has 4 rings (SSSR count). The Labute approximate surface area is 375 Å². The quantitative estimate of drug-likeness (QED) is 0.0234. The molecular weight excluding hydrogens is 851 g/mol. The number of urea groups is 1. The zero-order valence-corrected chi connectivity index (χ0v) is 37.3. The van der Waals surface area contributed by atoms with Crippen LogP contribution in [0, 0.1) is 11.8 Å². The number of carbonyl (C=O) groups is 9. The second-order valence-corrected chi connectivity index (χ2v) is 17.6. The number of hydroxylamine groups is 1. The van der Waals surface area contributed by atoms with Gasteiger partial charge in [0, 0.05) is 59.8 Å². The Kier molecular flexibility index (Phi) is 20.1. The number of aromatic nitrogens is 1. The van der Waals surface area contributed by atoms with E-state index in [0.717, 1.165) is 35.9 Å². The number of unbranched alkanes of at least 4 members (excludes halogenated alkanes) is 2. The van der Waals surface area contributed by atoms with Crippen molar-refractivity contribution in [3.05, 3.63) is 36.0 Å². The van der Waals surface area contributed by atoms with E-state index in [1.165, 1.54) is 12.4 Å². The van der Waals surface area contributed by atoms with Gasteiger partial charge in [0.05, 0.1) is 25.2 Å². The molecule has 3 heterocycles. The lowest BCUT2D eigenvalue weighted by atomic mass is 9.87. The summed E-state index contributed by atoms with van der Waals surface area (Å²) < 4.78 is 0. The van der Waals surface area contributed by atoms with Gasteiger partial charge in [-0.2, -0.15) is 11.8 Å². The molecular formula is C42H63N11O10S. The van der Waals surface area contributed by atoms with Crippen LogP contribution in [0.2, 0.25) is 0 Å². The van der Waals surface area contributed by atoms with Crippen molar-refractivity contribution in [2.45, 2.75) is 120 Å². The molecule has 1 aromatic carbocycles. The van der Waals surface area contributed by atoms with E-state index in [0.29, 0.717) is 43.0 Å². The van der Waals surface area contributed by atoms with Crippen molar-refractivity contribution in [1.82, 2.24) is 53.0 Å². The summed E-state index contributed by atoms with van der Waals surface area (Å²) in [6.45, 7) is 4.32. The fourth-order valence-electron chi connectivity index (χ4n) is 7.62. The standard InChI is InChI=1S/C42H63N11O10S/c1-4-23(2)27(18-34(55)53-63)40(60)48-24(3)39(59)50-30(17-25-19-45-28-12-6-5-11-26(25)28)41(61)47-20-35(56)46-21-36(57)49-29(38(43)58)13-9-10-16-44-33(54)15-8-7-14-32-37-31(22-64-32)51-42(62)52-37/h5-6,11-12,19,23-24,27,29-32,37,45,63H,4,7-10,13-18,20-22H2,1-3H3,(H2,43,58)(H,44,54)(H,46,56)(H,47,61)(H,48,60)(H,49,57)(H,50,59)(H,53,55)(H2,51,52,62)/t23?,24-,27?,29-,30-,31-,32-,37-/m0/s1. The molecule has 0 aliphatic carbocycles. The summed E-state index contributed by atoms with van der Waals surface area (Å²) >= 11 is 1.84. The summed E-state index contributed by atoms with van der Waals surface area (Å²) in [4.78, 5) is 116. The van der Waals surface area contributed by atoms with Crippen LogP contribution in [0.1, 0.15) is 84.1 Å². The SMILES string of the molecule is CCC(C)C(CC(=O)NO)C(=O)N[C@@H](C)C(=O)N[C@@H](Cc1c[nH]c2ccccc12)C(=O)NCC(=O)NCC(=O)N[C@@H](CCCCNC(=O)CCCC[C@@H]1SC[C@@H]2NC(=O)N[C@@H]21)C(N)=O. The molecule has 0 saturated carbocycles. The van der Waals surface area contributed by atoms with Crippen molar-refractivity contribution in [2.24, 2.45) is 17.6 Å². The molecule has 2 aliphatic rings. The van der Waals surface area contributed by atoms with Crippen molar-refractivity contribution in [3.63, 3.8) is 0 Å². The Hall–Kier alpha value is -5.90. The van der Waals surface area contributed by atoms with Gasteiger partial charge in [-0.25, -0.2) is 10.3 Å². The monoisotopic (exact) mass is 913 g/mol. The van der Waals surface area contributed by atoms with E-state index in [9.17, 15) is 43.2 Å². The van der Waals surface area contributed by atoms with Crippen LogP contribution in [0.3, 0.4) is 0 Å². The highest BCUT2D eigenvalue weighted by molar-refractivity contribution is 8.00. The van der Waals surface area contributed by atoms with Crippen molar-refractivity contribution in [3.8, 4) is 0 Å². The molecule has 0 bridgehead atoms. The predicted molar refractivity (Wildman–Crippen MR) is 237 cm³/mol. The number of aromatic amines is 1. The molecule has 2 saturated heterocycles. The van der Waals surface area contributed by atoms with Crippen molar-refractivity contribution in [1.29, 1.82) is 0 Å². The Bertz CT molecular complexity index is 1980. The summed E-state index contributed by atoms with van der Waals surface area (Å²) in [5.74, 6) is -5.26. The van der Waals surface area contributed by atoms with E-state index >= 15 is 0 Å². The highest BCUT2D eigenvalue weighted by Gasteiger charge is 2.42. The molecule has 2 aromatic rings. The first-order valence-corrected chi connectivity index (χ1v) is 22.8. The van der Waals surface area contributed by atoms with Crippen LogP contribution < -0.4 is 53.7 Å². The molecule has 0 spiro atoms. The summed E-state index contributed by atoms with van der Waals surface area (Å²) in [6, 6.07) is 4.15. The van der Waals surface area contributed by atoms with E-state index in [1.54, 1.807) is 13.1 Å². The normalized spacial score (nSPS) is 18.8. The number of nitrogens with two attached hydrogens (primary N) is 1. The highest BCUT2D eigenvalue weighted by Crippen LogP contribution is 2.33. The Morgan fingerprint density at radius 3 is 2.31 bits per heavy atom. The number of primary amides is 1. The lowest BCUT2D eigenvalue weighted by Crippen LogP contribution is -2.55. The first-order valence-electron chi connectivity index (χ1n) is 21.8. The highest BCUT2D eigenvalue weighted by atomic mass is 32.2. The molecule has 13 N–H and O–H groups in total. The Morgan fingerprint density at radius 1 is 0.828 bits per heavy atom. The van der Waals surface area contributed by atoms with Gasteiger partial charge >= 0.3 is 6.03 Å². The number of nitrogens with one attached hydrogen (secondary N) is 10. The third kappa shape index (κ3) is 15.7. The third-order valence-electron chi connectivity index (χ3n) is 11.6. The van der Waals surface area contributed by atoms with Gasteiger partial charge in [-0.1, -0.05) is 44.9 Å². The minimum absolute atomic E-state index is 0.00179. The minimum Gasteiger partial charge on any atom is -0.368 e. The average molecular weight is 914 g/mol. The zero-order chi connectivity index (χ0) is 46.8. The lowest BCUT2D eigenvalue weighted by molar-refractivity contribution is -0.137. The molecule has 2 aliphatic heterocycles. The third-order valence-corrected chi connectivity index (χ3v) is 13.1. The second kappa shape index (κ2) is 25.4. The van der Waals surface area contributed by atoms with Crippen LogP contribution in [0.5, 0.6) is 0 Å². The molecule has 64 heavy (non-hydrogen) atoms. The van der Waals surface area contributed by atoms with Gasteiger partial charge in [0.25, 0.3) is 0 Å². The number of thioether (sulfide) groups is 1. The Morgan fingerprint density at radius 2 is 1.58 bits per heavy atom. The molecule has 0 radical (unpaired) electrons. The largest absolute Gasteiger partial charge is 0.368 e. The van der Waals surface area contributed by atoms with Crippen LogP contribution in [-0.2, 0) is 44.8 Å². The van der Waals surface area contributed by atoms with Crippen molar-refractivity contribution in [2.75, 3.05) is 25.4 Å². The van der Waals surface area contributed by atoms with Gasteiger partial charge in [0.1, 0.15) is 18.1 Å². The number of carbonyl (C=O) groups excluding carboxylic acids is 9. The summed E-state index contributed by atoms with van der Waals surface area (Å²) in [5, 5.41) is 31.5. The smallest absolute Gasteiger partial charge is 0.315 e. The maximum Gasteiger partial charge on any atom is 0.315 e. The molecule has 2 fully saturated rings. The van der Waals surface area contributed by atoms with Gasteiger partial charge in [-0.05, 0) is 56.6 Å². The van der Waals surface area contributed by atoms with Gasteiger partial charge < -0.3 is 53.3 Å². The zero-order valence-electron chi connectivity index (χ0n) is 36.5. The molecule has 21 nitrogen and oxygen atoms in total. The molecule has 8 atom stereocenters. The van der Waals surface area contributed by atoms with Crippen LogP contribution >= 0.6 is 11.8 Å².